The van der Waals surface area contributed by atoms with Gasteiger partial charge in [-0.25, -0.2) is 18.1 Å². The highest BCUT2D eigenvalue weighted by Gasteiger charge is 2.21. The van der Waals surface area contributed by atoms with Gasteiger partial charge < -0.3 is 4.90 Å². The number of nitrogens with one attached hydrogen (secondary N) is 1. The van der Waals surface area contributed by atoms with Gasteiger partial charge in [-0.05, 0) is 37.3 Å². The van der Waals surface area contributed by atoms with Crippen LogP contribution in [0.2, 0.25) is 0 Å². The molecule has 1 saturated heterocycles. The van der Waals surface area contributed by atoms with E-state index in [1.165, 1.54) is 0 Å². The molecule has 118 valence electrons. The van der Waals surface area contributed by atoms with Crippen molar-refractivity contribution in [2.75, 3.05) is 30.3 Å². The number of aromatic nitrogens is 1. The summed E-state index contributed by atoms with van der Waals surface area (Å²) >= 11 is 0. The van der Waals surface area contributed by atoms with Crippen molar-refractivity contribution in [3.8, 4) is 0 Å². The highest BCUT2D eigenvalue weighted by Crippen LogP contribution is 2.21. The summed E-state index contributed by atoms with van der Waals surface area (Å²) in [6.45, 7) is 4.46. The number of hydrogen-bond donors (Lipinski definition) is 1. The van der Waals surface area contributed by atoms with Crippen molar-refractivity contribution in [1.82, 2.24) is 9.71 Å². The molecular formula is C15H25N3O2S. The molecule has 1 aliphatic heterocycles. The molecule has 2 heterocycles. The lowest BCUT2D eigenvalue weighted by molar-refractivity contribution is 0.400. The topological polar surface area (TPSA) is 62.3 Å². The van der Waals surface area contributed by atoms with E-state index in [2.05, 4.69) is 14.6 Å². The van der Waals surface area contributed by atoms with Gasteiger partial charge in [-0.3, -0.25) is 0 Å². The van der Waals surface area contributed by atoms with Crippen LogP contribution in [0.15, 0.2) is 24.4 Å². The van der Waals surface area contributed by atoms with Crippen LogP contribution in [0.25, 0.3) is 0 Å². The Hall–Kier alpha value is -1.14. The zero-order valence-electron chi connectivity index (χ0n) is 12.7. The molecule has 1 fully saturated rings. The molecule has 1 aromatic rings. The van der Waals surface area contributed by atoms with Crippen molar-refractivity contribution in [2.45, 2.75) is 32.6 Å². The number of piperidine rings is 1. The first-order valence-electron chi connectivity index (χ1n) is 7.74. The monoisotopic (exact) mass is 311 g/mol. The van der Waals surface area contributed by atoms with E-state index in [0.717, 1.165) is 44.6 Å². The van der Waals surface area contributed by atoms with Gasteiger partial charge in [0.2, 0.25) is 10.0 Å². The van der Waals surface area contributed by atoms with Crippen LogP contribution in [0.1, 0.15) is 32.6 Å². The van der Waals surface area contributed by atoms with Crippen molar-refractivity contribution in [2.24, 2.45) is 5.92 Å². The molecule has 6 heteroatoms. The fourth-order valence-electron chi connectivity index (χ4n) is 2.56. The maximum Gasteiger partial charge on any atom is 0.211 e. The molecule has 0 aromatic carbocycles. The lowest BCUT2D eigenvalue weighted by atomic mass is 9.97. The SMILES string of the molecule is CCCCS(=O)(=O)NCC1CCN(c2ccccn2)CC1. The van der Waals surface area contributed by atoms with E-state index in [9.17, 15) is 8.42 Å². The first kappa shape index (κ1) is 16.2. The van der Waals surface area contributed by atoms with Crippen LogP contribution in [-0.2, 0) is 10.0 Å². The number of sulfonamides is 1. The van der Waals surface area contributed by atoms with Gasteiger partial charge in [-0.15, -0.1) is 0 Å². The summed E-state index contributed by atoms with van der Waals surface area (Å²) in [6, 6.07) is 5.94. The van der Waals surface area contributed by atoms with E-state index in [1.807, 2.05) is 31.3 Å². The van der Waals surface area contributed by atoms with Gasteiger partial charge in [0, 0.05) is 25.8 Å². The number of nitrogens with zero attached hydrogens (tertiary/aromatic N) is 2. The second-order valence-electron chi connectivity index (χ2n) is 5.64. The molecule has 0 saturated carbocycles. The molecule has 0 atom stereocenters. The molecule has 0 unspecified atom stereocenters. The van der Waals surface area contributed by atoms with Crippen LogP contribution < -0.4 is 9.62 Å². The van der Waals surface area contributed by atoms with Gasteiger partial charge >= 0.3 is 0 Å². The average molecular weight is 311 g/mol. The van der Waals surface area contributed by atoms with Crippen LogP contribution >= 0.6 is 0 Å². The Morgan fingerprint density at radius 2 is 2.10 bits per heavy atom. The largest absolute Gasteiger partial charge is 0.357 e. The summed E-state index contributed by atoms with van der Waals surface area (Å²) < 4.78 is 26.3. The standard InChI is InChI=1S/C15H25N3O2S/c1-2-3-12-21(19,20)17-13-14-7-10-18(11-8-14)15-6-4-5-9-16-15/h4-6,9,14,17H,2-3,7-8,10-13H2,1H3. The molecule has 5 nitrogen and oxygen atoms in total. The maximum absolute atomic E-state index is 11.8. The highest BCUT2D eigenvalue weighted by molar-refractivity contribution is 7.89. The van der Waals surface area contributed by atoms with Crippen LogP contribution in [0.4, 0.5) is 5.82 Å². The van der Waals surface area contributed by atoms with E-state index < -0.39 is 10.0 Å². The highest BCUT2D eigenvalue weighted by atomic mass is 32.2. The first-order valence-corrected chi connectivity index (χ1v) is 9.39. The van der Waals surface area contributed by atoms with Crippen molar-refractivity contribution in [1.29, 1.82) is 0 Å². The Morgan fingerprint density at radius 1 is 1.33 bits per heavy atom. The summed E-state index contributed by atoms with van der Waals surface area (Å²) in [5.41, 5.74) is 0. The molecule has 1 N–H and O–H groups in total. The van der Waals surface area contributed by atoms with Gasteiger partial charge in [-0.1, -0.05) is 19.4 Å². The number of pyridine rings is 1. The molecule has 1 aliphatic rings. The summed E-state index contributed by atoms with van der Waals surface area (Å²) in [5, 5.41) is 0. The molecule has 21 heavy (non-hydrogen) atoms. The van der Waals surface area contributed by atoms with Crippen LogP contribution in [-0.4, -0.2) is 38.8 Å². The van der Waals surface area contributed by atoms with Crippen LogP contribution in [0.3, 0.4) is 0 Å². The summed E-state index contributed by atoms with van der Waals surface area (Å²) in [6.07, 6.45) is 5.46. The fraction of sp³-hybridized carbons (Fsp3) is 0.667. The summed E-state index contributed by atoms with van der Waals surface area (Å²) in [5.74, 6) is 1.69. The van der Waals surface area contributed by atoms with Gasteiger partial charge in [0.25, 0.3) is 0 Å². The molecule has 0 aliphatic carbocycles. The van der Waals surface area contributed by atoms with E-state index in [1.54, 1.807) is 0 Å². The molecular weight excluding hydrogens is 286 g/mol. The smallest absolute Gasteiger partial charge is 0.211 e. The second-order valence-corrected chi connectivity index (χ2v) is 7.57. The first-order chi connectivity index (χ1) is 10.1. The number of rotatable bonds is 7. The minimum Gasteiger partial charge on any atom is -0.357 e. The minimum absolute atomic E-state index is 0.246. The maximum atomic E-state index is 11.8. The fourth-order valence-corrected chi connectivity index (χ4v) is 3.86. The quantitative estimate of drug-likeness (QED) is 0.837. The number of hydrogen-bond acceptors (Lipinski definition) is 4. The second kappa shape index (κ2) is 7.75. The zero-order valence-corrected chi connectivity index (χ0v) is 13.5. The van der Waals surface area contributed by atoms with E-state index in [-0.39, 0.29) is 5.75 Å². The normalized spacial score (nSPS) is 17.1. The van der Waals surface area contributed by atoms with Crippen LogP contribution in [0, 0.1) is 5.92 Å². The zero-order chi connectivity index (χ0) is 15.1. The lowest BCUT2D eigenvalue weighted by Crippen LogP contribution is -2.39. The van der Waals surface area contributed by atoms with Crippen molar-refractivity contribution < 1.29 is 8.42 Å². The molecule has 2 rings (SSSR count). The Kier molecular flexibility index (Phi) is 5.99. The molecule has 0 radical (unpaired) electrons. The predicted octanol–water partition coefficient (Wildman–Crippen LogP) is 2.02. The molecule has 1 aromatic heterocycles. The molecule has 0 bridgehead atoms. The molecule has 0 spiro atoms. The third-order valence-electron chi connectivity index (χ3n) is 3.95. The van der Waals surface area contributed by atoms with E-state index >= 15 is 0 Å². The average Bonchev–Trinajstić information content (AvgIpc) is 2.53. The van der Waals surface area contributed by atoms with Gasteiger partial charge in [0.05, 0.1) is 5.75 Å². The van der Waals surface area contributed by atoms with E-state index in [0.29, 0.717) is 12.5 Å². The molecule has 0 amide bonds. The Balaban J connectivity index is 1.74. The van der Waals surface area contributed by atoms with Crippen molar-refractivity contribution in [3.63, 3.8) is 0 Å². The Morgan fingerprint density at radius 3 is 2.71 bits per heavy atom. The number of anilines is 1. The third-order valence-corrected chi connectivity index (χ3v) is 5.38. The van der Waals surface area contributed by atoms with Crippen molar-refractivity contribution >= 4 is 15.8 Å². The van der Waals surface area contributed by atoms with Gasteiger partial charge in [-0.2, -0.15) is 0 Å². The minimum atomic E-state index is -3.08. The third kappa shape index (κ3) is 5.28. The Labute approximate surface area is 127 Å². The van der Waals surface area contributed by atoms with Crippen LogP contribution in [0.5, 0.6) is 0 Å². The number of unbranched alkanes of at least 4 members (excludes halogenated alkanes) is 1. The van der Waals surface area contributed by atoms with E-state index in [4.69, 9.17) is 0 Å². The van der Waals surface area contributed by atoms with Crippen molar-refractivity contribution in [3.05, 3.63) is 24.4 Å². The predicted molar refractivity (Wildman–Crippen MR) is 85.9 cm³/mol. The van der Waals surface area contributed by atoms with Gasteiger partial charge in [0.1, 0.15) is 5.82 Å². The summed E-state index contributed by atoms with van der Waals surface area (Å²) in [7, 11) is -3.08. The summed E-state index contributed by atoms with van der Waals surface area (Å²) in [4.78, 5) is 6.63. The Bertz CT molecular complexity index is 511. The van der Waals surface area contributed by atoms with Gasteiger partial charge in [0.15, 0.2) is 0 Å². The lowest BCUT2D eigenvalue weighted by Gasteiger charge is -2.32.